The molecule has 0 fully saturated rings. The summed E-state index contributed by atoms with van der Waals surface area (Å²) in [6.45, 7) is 5.65. The van der Waals surface area contributed by atoms with E-state index in [0.717, 1.165) is 33.1 Å². The number of aryl methyl sites for hydroxylation is 4. The summed E-state index contributed by atoms with van der Waals surface area (Å²) in [4.78, 5) is 11.8. The summed E-state index contributed by atoms with van der Waals surface area (Å²) in [5.74, 6) is 0.323. The van der Waals surface area contributed by atoms with Gasteiger partial charge in [-0.05, 0) is 31.0 Å². The van der Waals surface area contributed by atoms with Crippen LogP contribution in [-0.4, -0.2) is 15.1 Å². The summed E-state index contributed by atoms with van der Waals surface area (Å²) in [7, 11) is 4.09. The number of nitrogens with zero attached hydrogens (tertiary/aromatic N) is 2. The Kier molecular flexibility index (Phi) is 3.65. The summed E-state index contributed by atoms with van der Waals surface area (Å²) in [5, 5.41) is 2.12. The monoisotopic (exact) mass is 346 g/mol. The second kappa shape index (κ2) is 5.77. The van der Waals surface area contributed by atoms with E-state index in [1.54, 1.807) is 0 Å². The molecule has 0 aliphatic carbocycles. The van der Waals surface area contributed by atoms with Gasteiger partial charge in [0, 0.05) is 43.6 Å². The number of ether oxygens (including phenoxy) is 1. The summed E-state index contributed by atoms with van der Waals surface area (Å²) in [6.07, 6.45) is 2.12. The van der Waals surface area contributed by atoms with Crippen molar-refractivity contribution in [1.82, 2.24) is 9.13 Å². The lowest BCUT2D eigenvalue weighted by molar-refractivity contribution is -0.131. The summed E-state index contributed by atoms with van der Waals surface area (Å²) in [6, 6.07) is 12.4. The minimum Gasteiger partial charge on any atom is -0.424 e. The van der Waals surface area contributed by atoms with E-state index in [1.807, 2.05) is 19.2 Å². The molecule has 132 valence electrons. The van der Waals surface area contributed by atoms with Crippen LogP contribution >= 0.6 is 0 Å². The van der Waals surface area contributed by atoms with E-state index in [1.165, 1.54) is 18.0 Å². The van der Waals surface area contributed by atoms with Gasteiger partial charge in [-0.1, -0.05) is 30.3 Å². The Morgan fingerprint density at radius 1 is 0.923 bits per heavy atom. The molecule has 4 aromatic rings. The molecule has 2 aromatic heterocycles. The fourth-order valence-electron chi connectivity index (χ4n) is 4.09. The van der Waals surface area contributed by atoms with Crippen LogP contribution in [0.25, 0.3) is 33.1 Å². The zero-order chi connectivity index (χ0) is 18.6. The van der Waals surface area contributed by atoms with Gasteiger partial charge in [0.15, 0.2) is 5.75 Å². The van der Waals surface area contributed by atoms with E-state index in [2.05, 4.69) is 60.5 Å². The van der Waals surface area contributed by atoms with Crippen LogP contribution < -0.4 is 4.74 Å². The standard InChI is InChI=1S/C22H22N2O2/c1-13-8-6-10-16-18(12-23(4)19(13)16)21-22(26-15(3)25)17-11-7-9-14(2)20(17)24(21)5/h6-12H,1-5H3. The summed E-state index contributed by atoms with van der Waals surface area (Å²) < 4.78 is 9.99. The predicted molar refractivity (Wildman–Crippen MR) is 106 cm³/mol. The number of rotatable bonds is 2. The molecule has 4 nitrogen and oxygen atoms in total. The van der Waals surface area contributed by atoms with Crippen molar-refractivity contribution < 1.29 is 9.53 Å². The van der Waals surface area contributed by atoms with Gasteiger partial charge in [0.1, 0.15) is 0 Å². The zero-order valence-corrected chi connectivity index (χ0v) is 15.8. The first kappa shape index (κ1) is 16.5. The highest BCUT2D eigenvalue weighted by Crippen LogP contribution is 2.43. The van der Waals surface area contributed by atoms with E-state index >= 15 is 0 Å². The van der Waals surface area contributed by atoms with E-state index in [0.29, 0.717) is 5.75 Å². The van der Waals surface area contributed by atoms with Crippen molar-refractivity contribution in [3.63, 3.8) is 0 Å². The largest absolute Gasteiger partial charge is 0.424 e. The minimum atomic E-state index is -0.309. The molecule has 0 aliphatic heterocycles. The molecule has 0 N–H and O–H groups in total. The zero-order valence-electron chi connectivity index (χ0n) is 15.8. The molecule has 0 amide bonds. The first-order valence-corrected chi connectivity index (χ1v) is 8.71. The number of para-hydroxylation sites is 2. The van der Waals surface area contributed by atoms with E-state index in [4.69, 9.17) is 4.74 Å². The number of benzene rings is 2. The molecule has 4 heteroatoms. The van der Waals surface area contributed by atoms with Gasteiger partial charge in [0.25, 0.3) is 0 Å². The van der Waals surface area contributed by atoms with E-state index < -0.39 is 0 Å². The van der Waals surface area contributed by atoms with Crippen LogP contribution in [0, 0.1) is 13.8 Å². The van der Waals surface area contributed by atoms with Crippen LogP contribution in [0.1, 0.15) is 18.1 Å². The topological polar surface area (TPSA) is 36.2 Å². The third kappa shape index (κ3) is 2.25. The lowest BCUT2D eigenvalue weighted by Gasteiger charge is -2.07. The molecule has 0 spiro atoms. The molecule has 0 atom stereocenters. The number of hydrogen-bond acceptors (Lipinski definition) is 2. The Morgan fingerprint density at radius 3 is 2.19 bits per heavy atom. The normalized spacial score (nSPS) is 11.4. The van der Waals surface area contributed by atoms with Gasteiger partial charge < -0.3 is 13.9 Å². The maximum Gasteiger partial charge on any atom is 0.308 e. The van der Waals surface area contributed by atoms with Crippen LogP contribution in [-0.2, 0) is 18.9 Å². The summed E-state index contributed by atoms with van der Waals surface area (Å²) >= 11 is 0. The van der Waals surface area contributed by atoms with Gasteiger partial charge in [-0.25, -0.2) is 0 Å². The first-order valence-electron chi connectivity index (χ1n) is 8.71. The third-order valence-electron chi connectivity index (χ3n) is 5.07. The average Bonchev–Trinajstić information content (AvgIpc) is 3.04. The quantitative estimate of drug-likeness (QED) is 0.485. The Bertz CT molecular complexity index is 1180. The van der Waals surface area contributed by atoms with Crippen molar-refractivity contribution in [2.45, 2.75) is 20.8 Å². The fraction of sp³-hybridized carbons (Fsp3) is 0.227. The van der Waals surface area contributed by atoms with Crippen LogP contribution in [0.3, 0.4) is 0 Å². The average molecular weight is 346 g/mol. The predicted octanol–water partition coefficient (Wildman–Crippen LogP) is 4.88. The molecule has 2 heterocycles. The second-order valence-electron chi connectivity index (χ2n) is 6.93. The smallest absolute Gasteiger partial charge is 0.308 e. The van der Waals surface area contributed by atoms with Gasteiger partial charge in [-0.3, -0.25) is 4.79 Å². The van der Waals surface area contributed by atoms with Gasteiger partial charge in [-0.2, -0.15) is 0 Å². The number of hydrogen-bond donors (Lipinski definition) is 0. The molecule has 26 heavy (non-hydrogen) atoms. The molecular weight excluding hydrogens is 324 g/mol. The molecule has 0 bridgehead atoms. The molecule has 2 aromatic carbocycles. The highest BCUT2D eigenvalue weighted by Gasteiger charge is 2.23. The first-order chi connectivity index (χ1) is 12.4. The van der Waals surface area contributed by atoms with Crippen molar-refractivity contribution in [3.05, 3.63) is 53.7 Å². The number of carbonyl (C=O) groups excluding carboxylic acids is 1. The number of aromatic nitrogens is 2. The van der Waals surface area contributed by atoms with Crippen molar-refractivity contribution in [3.8, 4) is 17.0 Å². The highest BCUT2D eigenvalue weighted by molar-refractivity contribution is 6.05. The molecule has 0 aliphatic rings. The van der Waals surface area contributed by atoms with Crippen molar-refractivity contribution in [2.75, 3.05) is 0 Å². The summed E-state index contributed by atoms with van der Waals surface area (Å²) in [5.41, 5.74) is 6.66. The van der Waals surface area contributed by atoms with Gasteiger partial charge in [0.2, 0.25) is 0 Å². The van der Waals surface area contributed by atoms with Gasteiger partial charge >= 0.3 is 5.97 Å². The molecule has 0 unspecified atom stereocenters. The van der Waals surface area contributed by atoms with Crippen LogP contribution in [0.15, 0.2) is 42.6 Å². The molecule has 0 saturated heterocycles. The maximum absolute atomic E-state index is 11.8. The lowest BCUT2D eigenvalue weighted by Crippen LogP contribution is -2.02. The molecule has 0 radical (unpaired) electrons. The van der Waals surface area contributed by atoms with E-state index in [9.17, 15) is 4.79 Å². The van der Waals surface area contributed by atoms with Crippen LogP contribution in [0.2, 0.25) is 0 Å². The molecule has 0 saturated carbocycles. The van der Waals surface area contributed by atoms with Crippen molar-refractivity contribution in [1.29, 1.82) is 0 Å². The number of carbonyl (C=O) groups is 1. The SMILES string of the molecule is CC(=O)Oc1c(-c2cn(C)c3c(C)cccc23)n(C)c2c(C)cccc12. The third-order valence-corrected chi connectivity index (χ3v) is 5.07. The van der Waals surface area contributed by atoms with Gasteiger partial charge in [-0.15, -0.1) is 0 Å². The van der Waals surface area contributed by atoms with E-state index in [-0.39, 0.29) is 5.97 Å². The molecule has 4 rings (SSSR count). The Morgan fingerprint density at radius 2 is 1.54 bits per heavy atom. The van der Waals surface area contributed by atoms with Crippen LogP contribution in [0.5, 0.6) is 5.75 Å². The lowest BCUT2D eigenvalue weighted by atomic mass is 10.1. The Hall–Kier alpha value is -3.01. The van der Waals surface area contributed by atoms with Crippen molar-refractivity contribution in [2.24, 2.45) is 14.1 Å². The Balaban J connectivity index is 2.16. The Labute approximate surface area is 152 Å². The fourth-order valence-corrected chi connectivity index (χ4v) is 4.09. The van der Waals surface area contributed by atoms with Crippen LogP contribution in [0.4, 0.5) is 0 Å². The number of fused-ring (bicyclic) bond motifs is 2. The second-order valence-corrected chi connectivity index (χ2v) is 6.93. The van der Waals surface area contributed by atoms with Crippen molar-refractivity contribution >= 4 is 27.8 Å². The van der Waals surface area contributed by atoms with Gasteiger partial charge in [0.05, 0.1) is 16.7 Å². The minimum absolute atomic E-state index is 0.309. The molecular formula is C22H22N2O2. The highest BCUT2D eigenvalue weighted by atomic mass is 16.5. The number of esters is 1. The maximum atomic E-state index is 11.8.